The van der Waals surface area contributed by atoms with Crippen molar-refractivity contribution in [3.63, 3.8) is 0 Å². The van der Waals surface area contributed by atoms with E-state index in [0.29, 0.717) is 0 Å². The van der Waals surface area contributed by atoms with Crippen molar-refractivity contribution < 1.29 is 4.79 Å². The van der Waals surface area contributed by atoms with Gasteiger partial charge in [-0.1, -0.05) is 24.1 Å². The first kappa shape index (κ1) is 14.0. The van der Waals surface area contributed by atoms with Crippen molar-refractivity contribution in [2.24, 2.45) is 0 Å². The van der Waals surface area contributed by atoms with Crippen molar-refractivity contribution in [1.82, 2.24) is 10.4 Å². The zero-order valence-electron chi connectivity index (χ0n) is 11.8. The molecule has 1 aromatic carbocycles. The molecule has 1 heterocycles. The highest BCUT2D eigenvalue weighted by atomic mass is 16.2. The van der Waals surface area contributed by atoms with Crippen LogP contribution in [0.5, 0.6) is 0 Å². The van der Waals surface area contributed by atoms with E-state index in [0.717, 1.165) is 18.8 Å². The molecule has 104 valence electrons. The molecule has 2 N–H and O–H groups in total. The number of hydrogen-bond acceptors (Lipinski definition) is 3. The fourth-order valence-corrected chi connectivity index (χ4v) is 2.24. The van der Waals surface area contributed by atoms with Crippen LogP contribution in [0.2, 0.25) is 0 Å². The van der Waals surface area contributed by atoms with E-state index in [1.54, 1.807) is 0 Å². The summed E-state index contributed by atoms with van der Waals surface area (Å²) in [5.74, 6) is 0.00873. The SMILES string of the molecule is Cc1ccc(NC(=O)C(C)NN2CCCCC2)cc1. The number of rotatable bonds is 4. The van der Waals surface area contributed by atoms with Gasteiger partial charge in [-0.15, -0.1) is 0 Å². The molecule has 1 unspecified atom stereocenters. The van der Waals surface area contributed by atoms with Gasteiger partial charge in [0, 0.05) is 18.8 Å². The number of nitrogens with one attached hydrogen (secondary N) is 2. The summed E-state index contributed by atoms with van der Waals surface area (Å²) in [5.41, 5.74) is 5.31. The van der Waals surface area contributed by atoms with E-state index in [4.69, 9.17) is 0 Å². The Hall–Kier alpha value is -1.39. The summed E-state index contributed by atoms with van der Waals surface area (Å²) in [5, 5.41) is 5.09. The monoisotopic (exact) mass is 261 g/mol. The average molecular weight is 261 g/mol. The van der Waals surface area contributed by atoms with Gasteiger partial charge in [-0.25, -0.2) is 10.4 Å². The van der Waals surface area contributed by atoms with Crippen molar-refractivity contribution >= 4 is 11.6 Å². The number of hydrazine groups is 1. The molecule has 0 spiro atoms. The first-order chi connectivity index (χ1) is 9.15. The molecule has 1 fully saturated rings. The van der Waals surface area contributed by atoms with Gasteiger partial charge in [-0.05, 0) is 38.8 Å². The maximum atomic E-state index is 12.1. The lowest BCUT2D eigenvalue weighted by molar-refractivity contribution is -0.119. The lowest BCUT2D eigenvalue weighted by Crippen LogP contribution is -2.50. The van der Waals surface area contributed by atoms with Crippen LogP contribution in [0.15, 0.2) is 24.3 Å². The zero-order chi connectivity index (χ0) is 13.7. The maximum absolute atomic E-state index is 12.1. The third-order valence-corrected chi connectivity index (χ3v) is 3.44. The highest BCUT2D eigenvalue weighted by molar-refractivity contribution is 5.94. The van der Waals surface area contributed by atoms with Crippen LogP contribution in [0.1, 0.15) is 31.7 Å². The molecule has 1 amide bonds. The number of benzene rings is 1. The Labute approximate surface area is 115 Å². The minimum absolute atomic E-state index is 0.00873. The Morgan fingerprint density at radius 3 is 2.42 bits per heavy atom. The Morgan fingerprint density at radius 2 is 1.79 bits per heavy atom. The predicted molar refractivity (Wildman–Crippen MR) is 77.8 cm³/mol. The molecule has 1 atom stereocenters. The van der Waals surface area contributed by atoms with Crippen LogP contribution in [0.4, 0.5) is 5.69 Å². The second kappa shape index (κ2) is 6.68. The summed E-state index contributed by atoms with van der Waals surface area (Å²) in [6, 6.07) is 7.65. The fraction of sp³-hybridized carbons (Fsp3) is 0.533. The van der Waals surface area contributed by atoms with Gasteiger partial charge in [0.15, 0.2) is 0 Å². The van der Waals surface area contributed by atoms with E-state index in [9.17, 15) is 4.79 Å². The molecule has 4 nitrogen and oxygen atoms in total. The molecule has 2 rings (SSSR count). The summed E-state index contributed by atoms with van der Waals surface area (Å²) in [4.78, 5) is 12.1. The third-order valence-electron chi connectivity index (χ3n) is 3.44. The number of amides is 1. The first-order valence-corrected chi connectivity index (χ1v) is 7.04. The van der Waals surface area contributed by atoms with Gasteiger partial charge in [0.25, 0.3) is 0 Å². The second-order valence-corrected chi connectivity index (χ2v) is 5.25. The fourth-order valence-electron chi connectivity index (χ4n) is 2.24. The van der Waals surface area contributed by atoms with Crippen LogP contribution in [-0.4, -0.2) is 30.0 Å². The van der Waals surface area contributed by atoms with Crippen LogP contribution < -0.4 is 10.7 Å². The molecule has 19 heavy (non-hydrogen) atoms. The zero-order valence-corrected chi connectivity index (χ0v) is 11.8. The van der Waals surface area contributed by atoms with Crippen molar-refractivity contribution in [2.75, 3.05) is 18.4 Å². The molecule has 1 aliphatic rings. The van der Waals surface area contributed by atoms with Crippen molar-refractivity contribution in [3.8, 4) is 0 Å². The van der Waals surface area contributed by atoms with E-state index < -0.39 is 0 Å². The molecule has 0 aromatic heterocycles. The number of aryl methyl sites for hydroxylation is 1. The normalized spacial score (nSPS) is 18.0. The second-order valence-electron chi connectivity index (χ2n) is 5.25. The molecule has 0 aliphatic carbocycles. The van der Waals surface area contributed by atoms with E-state index in [-0.39, 0.29) is 11.9 Å². The van der Waals surface area contributed by atoms with Gasteiger partial charge in [-0.3, -0.25) is 4.79 Å². The Balaban J connectivity index is 1.83. The van der Waals surface area contributed by atoms with Gasteiger partial charge in [0.2, 0.25) is 5.91 Å². The van der Waals surface area contributed by atoms with E-state index in [1.807, 2.05) is 38.1 Å². The molecule has 1 saturated heterocycles. The number of piperidine rings is 1. The molecule has 0 bridgehead atoms. The standard InChI is InChI=1S/C15H23N3O/c1-12-6-8-14(9-7-12)16-15(19)13(2)17-18-10-4-3-5-11-18/h6-9,13,17H,3-5,10-11H2,1-2H3,(H,16,19). The van der Waals surface area contributed by atoms with Crippen LogP contribution in [0, 0.1) is 6.92 Å². The number of carbonyl (C=O) groups is 1. The van der Waals surface area contributed by atoms with E-state index in [2.05, 4.69) is 15.8 Å². The number of nitrogens with zero attached hydrogens (tertiary/aromatic N) is 1. The van der Waals surface area contributed by atoms with Gasteiger partial charge < -0.3 is 5.32 Å². The number of carbonyl (C=O) groups excluding carboxylic acids is 1. The molecular formula is C15H23N3O. The lowest BCUT2D eigenvalue weighted by atomic mass is 10.2. The molecule has 0 saturated carbocycles. The number of hydrogen-bond donors (Lipinski definition) is 2. The maximum Gasteiger partial charge on any atom is 0.242 e. The Kier molecular flexibility index (Phi) is 4.93. The quantitative estimate of drug-likeness (QED) is 0.874. The summed E-state index contributed by atoms with van der Waals surface area (Å²) in [7, 11) is 0. The van der Waals surface area contributed by atoms with Crippen molar-refractivity contribution in [3.05, 3.63) is 29.8 Å². The van der Waals surface area contributed by atoms with Gasteiger partial charge in [0.05, 0.1) is 6.04 Å². The molecular weight excluding hydrogens is 238 g/mol. The summed E-state index contributed by atoms with van der Waals surface area (Å²) in [6.07, 6.45) is 3.71. The summed E-state index contributed by atoms with van der Waals surface area (Å²) < 4.78 is 0. The van der Waals surface area contributed by atoms with E-state index in [1.165, 1.54) is 24.8 Å². The van der Waals surface area contributed by atoms with Gasteiger partial charge in [0.1, 0.15) is 0 Å². The lowest BCUT2D eigenvalue weighted by Gasteiger charge is -2.29. The van der Waals surface area contributed by atoms with Crippen molar-refractivity contribution in [1.29, 1.82) is 0 Å². The minimum atomic E-state index is -0.209. The predicted octanol–water partition coefficient (Wildman–Crippen LogP) is 2.31. The largest absolute Gasteiger partial charge is 0.325 e. The smallest absolute Gasteiger partial charge is 0.242 e. The molecule has 1 aliphatic heterocycles. The van der Waals surface area contributed by atoms with E-state index >= 15 is 0 Å². The highest BCUT2D eigenvalue weighted by Gasteiger charge is 2.17. The van der Waals surface area contributed by atoms with Crippen LogP contribution in [0.25, 0.3) is 0 Å². The average Bonchev–Trinajstić information content (AvgIpc) is 2.42. The first-order valence-electron chi connectivity index (χ1n) is 7.04. The Bertz CT molecular complexity index is 410. The van der Waals surface area contributed by atoms with Crippen LogP contribution >= 0.6 is 0 Å². The topological polar surface area (TPSA) is 44.4 Å². The molecule has 0 radical (unpaired) electrons. The van der Waals surface area contributed by atoms with Crippen molar-refractivity contribution in [2.45, 2.75) is 39.2 Å². The van der Waals surface area contributed by atoms with Gasteiger partial charge in [-0.2, -0.15) is 0 Å². The summed E-state index contributed by atoms with van der Waals surface area (Å²) in [6.45, 7) is 5.99. The Morgan fingerprint density at radius 1 is 1.16 bits per heavy atom. The molecule has 1 aromatic rings. The van der Waals surface area contributed by atoms with Crippen LogP contribution in [0.3, 0.4) is 0 Å². The number of anilines is 1. The van der Waals surface area contributed by atoms with Gasteiger partial charge >= 0.3 is 0 Å². The van der Waals surface area contributed by atoms with Crippen LogP contribution in [-0.2, 0) is 4.79 Å². The summed E-state index contributed by atoms with van der Waals surface area (Å²) >= 11 is 0. The minimum Gasteiger partial charge on any atom is -0.325 e. The third kappa shape index (κ3) is 4.33. The molecule has 4 heteroatoms. The highest BCUT2D eigenvalue weighted by Crippen LogP contribution is 2.10.